The summed E-state index contributed by atoms with van der Waals surface area (Å²) >= 11 is 0. The number of amides is 1. The molecule has 1 aliphatic carbocycles. The molecule has 2 fully saturated rings. The van der Waals surface area contributed by atoms with E-state index in [0.29, 0.717) is 11.9 Å². The summed E-state index contributed by atoms with van der Waals surface area (Å²) < 4.78 is 0. The zero-order chi connectivity index (χ0) is 11.7. The predicted molar refractivity (Wildman–Crippen MR) is 64.9 cm³/mol. The van der Waals surface area contributed by atoms with Gasteiger partial charge in [0.2, 0.25) is 5.91 Å². The molecule has 0 bridgehead atoms. The third-order valence-corrected chi connectivity index (χ3v) is 3.84. The fraction of sp³-hybridized carbons (Fsp3) is 0.923. The van der Waals surface area contributed by atoms with Crippen LogP contribution < -0.4 is 5.32 Å². The Bertz CT molecular complexity index is 263. The van der Waals surface area contributed by atoms with Crippen molar-refractivity contribution in [3.8, 4) is 0 Å². The largest absolute Gasteiger partial charge is 0.323 e. The van der Waals surface area contributed by atoms with Gasteiger partial charge in [0.1, 0.15) is 0 Å². The fourth-order valence-corrected chi connectivity index (χ4v) is 2.86. The lowest BCUT2D eigenvalue weighted by Gasteiger charge is -2.28. The molecule has 92 valence electrons. The average Bonchev–Trinajstić information content (AvgIpc) is 2.96. The highest BCUT2D eigenvalue weighted by molar-refractivity contribution is 5.84. The highest BCUT2D eigenvalue weighted by Gasteiger charge is 2.39. The molecule has 3 heteroatoms. The van der Waals surface area contributed by atoms with E-state index in [1.54, 1.807) is 0 Å². The van der Waals surface area contributed by atoms with Crippen molar-refractivity contribution in [1.29, 1.82) is 0 Å². The minimum Gasteiger partial charge on any atom is -0.323 e. The molecular formula is C13H24N2O. The Morgan fingerprint density at radius 3 is 2.75 bits per heavy atom. The fourth-order valence-electron chi connectivity index (χ4n) is 2.86. The standard InChI is InChI=1S/C13H24N2O/c1-4-5-12-13(16)15(10(3)14-12)9(2)8-11-6-7-11/h9-12,14H,4-8H2,1-3H3. The van der Waals surface area contributed by atoms with Crippen molar-refractivity contribution in [1.82, 2.24) is 10.2 Å². The Morgan fingerprint density at radius 2 is 2.19 bits per heavy atom. The van der Waals surface area contributed by atoms with Gasteiger partial charge >= 0.3 is 0 Å². The first-order chi connectivity index (χ1) is 7.63. The predicted octanol–water partition coefficient (Wildman–Crippen LogP) is 2.12. The summed E-state index contributed by atoms with van der Waals surface area (Å²) in [6.45, 7) is 6.44. The van der Waals surface area contributed by atoms with Gasteiger partial charge in [-0.15, -0.1) is 0 Å². The Hall–Kier alpha value is -0.570. The van der Waals surface area contributed by atoms with Crippen molar-refractivity contribution in [2.45, 2.75) is 71.1 Å². The number of carbonyl (C=O) groups excluding carboxylic acids is 1. The quantitative estimate of drug-likeness (QED) is 0.776. The van der Waals surface area contributed by atoms with Crippen molar-refractivity contribution in [3.05, 3.63) is 0 Å². The van der Waals surface area contributed by atoms with Gasteiger partial charge in [-0.3, -0.25) is 10.1 Å². The van der Waals surface area contributed by atoms with Gasteiger partial charge in [-0.25, -0.2) is 0 Å². The summed E-state index contributed by atoms with van der Waals surface area (Å²) in [5.74, 6) is 1.21. The van der Waals surface area contributed by atoms with Crippen LogP contribution in [0, 0.1) is 5.92 Å². The first kappa shape index (κ1) is 11.9. The Labute approximate surface area is 98.6 Å². The van der Waals surface area contributed by atoms with Gasteiger partial charge in [0.05, 0.1) is 12.2 Å². The van der Waals surface area contributed by atoms with E-state index in [1.165, 1.54) is 19.3 Å². The lowest BCUT2D eigenvalue weighted by atomic mass is 10.1. The first-order valence-corrected chi connectivity index (χ1v) is 6.71. The highest BCUT2D eigenvalue weighted by Crippen LogP contribution is 2.35. The van der Waals surface area contributed by atoms with Crippen molar-refractivity contribution in [2.24, 2.45) is 5.92 Å². The zero-order valence-corrected chi connectivity index (χ0v) is 10.7. The molecule has 2 aliphatic rings. The topological polar surface area (TPSA) is 32.3 Å². The third kappa shape index (κ3) is 2.40. The maximum Gasteiger partial charge on any atom is 0.241 e. The van der Waals surface area contributed by atoms with E-state index in [4.69, 9.17) is 0 Å². The Balaban J connectivity index is 1.94. The van der Waals surface area contributed by atoms with Crippen LogP contribution >= 0.6 is 0 Å². The summed E-state index contributed by atoms with van der Waals surface area (Å²) in [5, 5.41) is 3.41. The van der Waals surface area contributed by atoms with Crippen LogP contribution in [0.5, 0.6) is 0 Å². The van der Waals surface area contributed by atoms with E-state index in [-0.39, 0.29) is 12.2 Å². The van der Waals surface area contributed by atoms with Crippen LogP contribution in [0.25, 0.3) is 0 Å². The van der Waals surface area contributed by atoms with Crippen LogP contribution in [-0.4, -0.2) is 29.1 Å². The zero-order valence-electron chi connectivity index (χ0n) is 10.7. The maximum absolute atomic E-state index is 12.2. The lowest BCUT2D eigenvalue weighted by Crippen LogP contribution is -2.41. The number of hydrogen-bond donors (Lipinski definition) is 1. The minimum atomic E-state index is 0.0710. The molecule has 1 heterocycles. The second-order valence-electron chi connectivity index (χ2n) is 5.46. The second kappa shape index (κ2) is 4.74. The molecule has 2 rings (SSSR count). The molecule has 0 aromatic rings. The summed E-state index contributed by atoms with van der Waals surface area (Å²) in [5.41, 5.74) is 0. The molecule has 3 nitrogen and oxygen atoms in total. The molecule has 1 amide bonds. The molecule has 1 N–H and O–H groups in total. The van der Waals surface area contributed by atoms with Gasteiger partial charge in [-0.1, -0.05) is 26.2 Å². The summed E-state index contributed by atoms with van der Waals surface area (Å²) in [4.78, 5) is 14.3. The monoisotopic (exact) mass is 224 g/mol. The van der Waals surface area contributed by atoms with Crippen molar-refractivity contribution >= 4 is 5.91 Å². The van der Waals surface area contributed by atoms with Crippen molar-refractivity contribution < 1.29 is 4.79 Å². The molecular weight excluding hydrogens is 200 g/mol. The third-order valence-electron chi connectivity index (χ3n) is 3.84. The summed E-state index contributed by atoms with van der Waals surface area (Å²) in [7, 11) is 0. The number of rotatable bonds is 5. The van der Waals surface area contributed by atoms with E-state index in [1.807, 2.05) is 0 Å². The van der Waals surface area contributed by atoms with Crippen LogP contribution in [0.3, 0.4) is 0 Å². The Morgan fingerprint density at radius 1 is 1.50 bits per heavy atom. The molecule has 16 heavy (non-hydrogen) atoms. The molecule has 3 atom stereocenters. The highest BCUT2D eigenvalue weighted by atomic mass is 16.2. The van der Waals surface area contributed by atoms with Gasteiger partial charge in [0.25, 0.3) is 0 Å². The molecule has 3 unspecified atom stereocenters. The van der Waals surface area contributed by atoms with Gasteiger partial charge in [-0.2, -0.15) is 0 Å². The lowest BCUT2D eigenvalue weighted by molar-refractivity contribution is -0.132. The van der Waals surface area contributed by atoms with E-state index < -0.39 is 0 Å². The van der Waals surface area contributed by atoms with Crippen LogP contribution in [0.2, 0.25) is 0 Å². The SMILES string of the molecule is CCCC1NC(C)N(C(C)CC2CC2)C1=O. The van der Waals surface area contributed by atoms with Crippen LogP contribution in [0.15, 0.2) is 0 Å². The normalized spacial score (nSPS) is 32.2. The number of carbonyl (C=O) groups is 1. The van der Waals surface area contributed by atoms with Crippen LogP contribution in [0.1, 0.15) is 52.9 Å². The van der Waals surface area contributed by atoms with E-state index in [0.717, 1.165) is 18.8 Å². The van der Waals surface area contributed by atoms with Crippen LogP contribution in [0.4, 0.5) is 0 Å². The number of nitrogens with one attached hydrogen (secondary N) is 1. The van der Waals surface area contributed by atoms with Crippen molar-refractivity contribution in [3.63, 3.8) is 0 Å². The minimum absolute atomic E-state index is 0.0710. The number of hydrogen-bond acceptors (Lipinski definition) is 2. The summed E-state index contributed by atoms with van der Waals surface area (Å²) in [6, 6.07) is 0.478. The summed E-state index contributed by atoms with van der Waals surface area (Å²) in [6.07, 6.45) is 6.19. The molecule has 0 spiro atoms. The van der Waals surface area contributed by atoms with E-state index in [9.17, 15) is 4.79 Å². The maximum atomic E-state index is 12.2. The van der Waals surface area contributed by atoms with E-state index in [2.05, 4.69) is 31.0 Å². The van der Waals surface area contributed by atoms with E-state index >= 15 is 0 Å². The molecule has 0 aromatic carbocycles. The molecule has 0 radical (unpaired) electrons. The van der Waals surface area contributed by atoms with Crippen molar-refractivity contribution in [2.75, 3.05) is 0 Å². The molecule has 1 saturated carbocycles. The average molecular weight is 224 g/mol. The van der Waals surface area contributed by atoms with Crippen LogP contribution in [-0.2, 0) is 4.79 Å². The molecule has 1 aliphatic heterocycles. The molecule has 1 saturated heterocycles. The van der Waals surface area contributed by atoms with Gasteiger partial charge in [-0.05, 0) is 32.6 Å². The molecule has 0 aromatic heterocycles. The second-order valence-corrected chi connectivity index (χ2v) is 5.46. The van der Waals surface area contributed by atoms with Gasteiger partial charge in [0, 0.05) is 6.04 Å². The van der Waals surface area contributed by atoms with Gasteiger partial charge in [0.15, 0.2) is 0 Å². The Kier molecular flexibility index (Phi) is 3.53. The van der Waals surface area contributed by atoms with Gasteiger partial charge < -0.3 is 4.90 Å². The number of nitrogens with zero attached hydrogens (tertiary/aromatic N) is 1. The first-order valence-electron chi connectivity index (χ1n) is 6.71. The smallest absolute Gasteiger partial charge is 0.241 e.